The van der Waals surface area contributed by atoms with Crippen LogP contribution in [0.15, 0.2) is 30.3 Å². The molecular weight excluding hydrogens is 390 g/mol. The number of carbonyl (C=O) groups is 1. The van der Waals surface area contributed by atoms with E-state index in [0.29, 0.717) is 16.6 Å². The summed E-state index contributed by atoms with van der Waals surface area (Å²) < 4.78 is 0. The Bertz CT molecular complexity index is 964. The van der Waals surface area contributed by atoms with Gasteiger partial charge in [-0.25, -0.2) is 4.79 Å². The lowest BCUT2D eigenvalue weighted by atomic mass is 9.77. The van der Waals surface area contributed by atoms with Crippen LogP contribution in [0.25, 0.3) is 0 Å². The third-order valence-corrected chi connectivity index (χ3v) is 6.50. The number of aromatic carboxylic acids is 1. The molecule has 8 heteroatoms. The van der Waals surface area contributed by atoms with Crippen LogP contribution in [0.2, 0.25) is 5.02 Å². The molecule has 2 saturated heterocycles. The lowest BCUT2D eigenvalue weighted by molar-refractivity contribution is 0.0689. The summed E-state index contributed by atoms with van der Waals surface area (Å²) in [5.74, 6) is -0.337. The minimum atomic E-state index is -1.07. The molecule has 0 unspecified atom stereocenters. The molecule has 1 spiro atoms. The summed E-state index contributed by atoms with van der Waals surface area (Å²) in [6.07, 6.45) is 3.20. The quantitative estimate of drug-likeness (QED) is 0.824. The van der Waals surface area contributed by atoms with Gasteiger partial charge in [-0.15, -0.1) is 10.2 Å². The molecule has 0 radical (unpaired) electrons. The second-order valence-corrected chi connectivity index (χ2v) is 8.43. The zero-order valence-corrected chi connectivity index (χ0v) is 16.9. The van der Waals surface area contributed by atoms with E-state index in [1.165, 1.54) is 6.07 Å². The summed E-state index contributed by atoms with van der Waals surface area (Å²) in [4.78, 5) is 15.5. The molecule has 0 saturated carbocycles. The molecule has 150 valence electrons. The van der Waals surface area contributed by atoms with Crippen molar-refractivity contribution in [1.29, 1.82) is 5.26 Å². The van der Waals surface area contributed by atoms with Gasteiger partial charge in [-0.2, -0.15) is 5.26 Å². The molecule has 1 atom stereocenters. The number of piperidine rings is 1. The van der Waals surface area contributed by atoms with Gasteiger partial charge in [-0.3, -0.25) is 0 Å². The fourth-order valence-corrected chi connectivity index (χ4v) is 4.84. The van der Waals surface area contributed by atoms with Gasteiger partial charge in [0.1, 0.15) is 6.07 Å². The first-order valence-electron chi connectivity index (χ1n) is 9.69. The predicted octanol–water partition coefficient (Wildman–Crippen LogP) is 3.59. The van der Waals surface area contributed by atoms with E-state index in [0.717, 1.165) is 50.4 Å². The normalized spacial score (nSPS) is 20.7. The molecule has 2 fully saturated rings. The van der Waals surface area contributed by atoms with Crippen LogP contribution in [0.1, 0.15) is 42.2 Å². The maximum atomic E-state index is 10.9. The molecule has 4 rings (SSSR count). The van der Waals surface area contributed by atoms with Gasteiger partial charge >= 0.3 is 5.97 Å². The monoisotopic (exact) mass is 411 g/mol. The maximum Gasteiger partial charge on any atom is 0.356 e. The third-order valence-electron chi connectivity index (χ3n) is 6.19. The van der Waals surface area contributed by atoms with Crippen LogP contribution in [0, 0.1) is 16.7 Å². The lowest BCUT2D eigenvalue weighted by Gasteiger charge is -2.39. The van der Waals surface area contributed by atoms with Crippen LogP contribution in [0.5, 0.6) is 0 Å². The van der Waals surface area contributed by atoms with Crippen molar-refractivity contribution in [2.75, 3.05) is 29.4 Å². The van der Waals surface area contributed by atoms with Crippen LogP contribution < -0.4 is 9.80 Å². The highest BCUT2D eigenvalue weighted by Gasteiger charge is 2.44. The fourth-order valence-electron chi connectivity index (χ4n) is 4.62. The molecular formula is C21H22ClN5O2. The molecule has 3 heterocycles. The van der Waals surface area contributed by atoms with Crippen LogP contribution >= 0.6 is 11.6 Å². The van der Waals surface area contributed by atoms with Gasteiger partial charge in [0.05, 0.1) is 10.6 Å². The number of anilines is 2. The number of nitrogens with zero attached hydrogens (tertiary/aromatic N) is 5. The van der Waals surface area contributed by atoms with Crippen molar-refractivity contribution in [3.8, 4) is 6.07 Å². The highest BCUT2D eigenvalue weighted by molar-refractivity contribution is 6.32. The number of aromatic nitrogens is 2. The average Bonchev–Trinajstić information content (AvgIpc) is 3.04. The van der Waals surface area contributed by atoms with Crippen LogP contribution in [0.4, 0.5) is 11.5 Å². The van der Waals surface area contributed by atoms with Crippen LogP contribution in [-0.2, 0) is 0 Å². The number of rotatable bonds is 3. The van der Waals surface area contributed by atoms with E-state index in [9.17, 15) is 4.79 Å². The van der Waals surface area contributed by atoms with Crippen molar-refractivity contribution in [3.05, 3.63) is 46.6 Å². The topological polar surface area (TPSA) is 93.3 Å². The smallest absolute Gasteiger partial charge is 0.356 e. The molecule has 1 aromatic heterocycles. The van der Waals surface area contributed by atoms with Gasteiger partial charge in [-0.1, -0.05) is 11.6 Å². The SMILES string of the molecule is C[C@H]1CC2(CCN(c3ccc(C(=O)O)nn3)CC2)CN1c1ccc(C#N)c(Cl)c1. The molecule has 0 aliphatic carbocycles. The number of carboxylic acid groups (broad SMARTS) is 1. The fraction of sp³-hybridized carbons (Fsp3) is 0.429. The van der Waals surface area contributed by atoms with Gasteiger partial charge < -0.3 is 14.9 Å². The first-order valence-corrected chi connectivity index (χ1v) is 10.1. The average molecular weight is 412 g/mol. The van der Waals surface area contributed by atoms with E-state index in [1.807, 2.05) is 12.1 Å². The van der Waals surface area contributed by atoms with Crippen LogP contribution in [0.3, 0.4) is 0 Å². The molecule has 1 aromatic carbocycles. The molecule has 0 bridgehead atoms. The number of hydrogen-bond acceptors (Lipinski definition) is 6. The standard InChI is InChI=1S/C21H22ClN5O2/c1-14-11-21(13-27(14)16-3-2-15(12-23)17(22)10-16)6-8-26(9-7-21)19-5-4-18(20(28)29)24-25-19/h2-5,10,14H,6-9,11,13H2,1H3,(H,28,29)/t14-/m0/s1. The Morgan fingerprint density at radius 3 is 2.62 bits per heavy atom. The zero-order valence-electron chi connectivity index (χ0n) is 16.2. The third kappa shape index (κ3) is 3.73. The first kappa shape index (κ1) is 19.5. The van der Waals surface area contributed by atoms with Crippen molar-refractivity contribution in [2.45, 2.75) is 32.2 Å². The van der Waals surface area contributed by atoms with E-state index in [1.54, 1.807) is 12.1 Å². The Morgan fingerprint density at radius 1 is 1.28 bits per heavy atom. The van der Waals surface area contributed by atoms with Crippen molar-refractivity contribution in [2.24, 2.45) is 5.41 Å². The first-order chi connectivity index (χ1) is 13.9. The van der Waals surface area contributed by atoms with Crippen molar-refractivity contribution in [3.63, 3.8) is 0 Å². The summed E-state index contributed by atoms with van der Waals surface area (Å²) in [6, 6.07) is 11.4. The predicted molar refractivity (Wildman–Crippen MR) is 110 cm³/mol. The summed E-state index contributed by atoms with van der Waals surface area (Å²) in [6.45, 7) is 4.95. The van der Waals surface area contributed by atoms with Gasteiger partial charge in [0, 0.05) is 31.4 Å². The number of hydrogen-bond donors (Lipinski definition) is 1. The molecule has 0 amide bonds. The molecule has 29 heavy (non-hydrogen) atoms. The second kappa shape index (κ2) is 7.53. The highest BCUT2D eigenvalue weighted by atomic mass is 35.5. The molecule has 7 nitrogen and oxygen atoms in total. The largest absolute Gasteiger partial charge is 0.476 e. The Hall–Kier alpha value is -2.85. The lowest BCUT2D eigenvalue weighted by Crippen LogP contribution is -2.42. The van der Waals surface area contributed by atoms with Crippen molar-refractivity contribution in [1.82, 2.24) is 10.2 Å². The minimum absolute atomic E-state index is 0.0384. The second-order valence-electron chi connectivity index (χ2n) is 8.03. The van der Waals surface area contributed by atoms with Crippen molar-refractivity contribution < 1.29 is 9.90 Å². The molecule has 2 aromatic rings. The van der Waals surface area contributed by atoms with Gasteiger partial charge in [-0.05, 0) is 61.9 Å². The Labute approximate surface area is 174 Å². The summed E-state index contributed by atoms with van der Waals surface area (Å²) in [5.41, 5.74) is 1.77. The van der Waals surface area contributed by atoms with E-state index in [4.69, 9.17) is 22.0 Å². The van der Waals surface area contributed by atoms with Crippen LogP contribution in [-0.4, -0.2) is 46.9 Å². The number of benzene rings is 1. The van der Waals surface area contributed by atoms with E-state index in [2.05, 4.69) is 33.0 Å². The number of halogens is 1. The zero-order chi connectivity index (χ0) is 20.6. The molecule has 1 N–H and O–H groups in total. The Balaban J connectivity index is 1.44. The minimum Gasteiger partial charge on any atom is -0.476 e. The molecule has 2 aliphatic heterocycles. The van der Waals surface area contributed by atoms with E-state index in [-0.39, 0.29) is 11.1 Å². The van der Waals surface area contributed by atoms with E-state index < -0.39 is 5.97 Å². The highest BCUT2D eigenvalue weighted by Crippen LogP contribution is 2.45. The van der Waals surface area contributed by atoms with Crippen molar-refractivity contribution >= 4 is 29.1 Å². The van der Waals surface area contributed by atoms with Gasteiger partial charge in [0.15, 0.2) is 11.5 Å². The number of nitriles is 1. The summed E-state index contributed by atoms with van der Waals surface area (Å²) in [5, 5.41) is 26.4. The summed E-state index contributed by atoms with van der Waals surface area (Å²) >= 11 is 6.25. The Kier molecular flexibility index (Phi) is 5.05. The van der Waals surface area contributed by atoms with Gasteiger partial charge in [0.25, 0.3) is 0 Å². The molecule has 2 aliphatic rings. The van der Waals surface area contributed by atoms with E-state index >= 15 is 0 Å². The number of carboxylic acids is 1. The summed E-state index contributed by atoms with van der Waals surface area (Å²) in [7, 11) is 0. The maximum absolute atomic E-state index is 10.9. The Morgan fingerprint density at radius 2 is 2.03 bits per heavy atom. The van der Waals surface area contributed by atoms with Gasteiger partial charge in [0.2, 0.25) is 0 Å².